The van der Waals surface area contributed by atoms with E-state index < -0.39 is 0 Å². The predicted octanol–water partition coefficient (Wildman–Crippen LogP) is 4.71. The molecule has 0 fully saturated rings. The molecule has 0 bridgehead atoms. The number of nitrogens with one attached hydrogen (secondary N) is 2. The maximum Gasteiger partial charge on any atom is 0.227 e. The van der Waals surface area contributed by atoms with E-state index in [4.69, 9.17) is 0 Å². The Morgan fingerprint density at radius 1 is 0.880 bits per heavy atom. The number of benzene rings is 2. The summed E-state index contributed by atoms with van der Waals surface area (Å²) in [5.74, 6) is -0.241. The van der Waals surface area contributed by atoms with Crippen LogP contribution in [0.1, 0.15) is 33.6 Å². The molecule has 25 heavy (non-hydrogen) atoms. The molecule has 4 nitrogen and oxygen atoms in total. The summed E-state index contributed by atoms with van der Waals surface area (Å²) in [7, 11) is 0. The first kappa shape index (κ1) is 18.7. The van der Waals surface area contributed by atoms with Crippen LogP contribution in [0.2, 0.25) is 0 Å². The minimum atomic E-state index is -0.272. The second-order valence-electron chi connectivity index (χ2n) is 7.22. The van der Waals surface area contributed by atoms with Gasteiger partial charge in [-0.3, -0.25) is 9.59 Å². The Morgan fingerprint density at radius 3 is 1.88 bits per heavy atom. The van der Waals surface area contributed by atoms with Gasteiger partial charge in [-0.1, -0.05) is 57.2 Å². The zero-order chi connectivity index (χ0) is 18.3. The standard InChI is InChI=1S/C21H26N2O2/c1-16(20(25)23-18-12-8-5-9-13-18)14-21(2,3)15-19(24)22-17-10-6-4-7-11-17/h4-13,16H,14-15H2,1-3H3,(H,22,24)(H,23,25). The lowest BCUT2D eigenvalue weighted by Crippen LogP contribution is -2.29. The van der Waals surface area contributed by atoms with Crippen LogP contribution in [0, 0.1) is 11.3 Å². The predicted molar refractivity (Wildman–Crippen MR) is 102 cm³/mol. The number of hydrogen-bond donors (Lipinski definition) is 2. The maximum absolute atomic E-state index is 12.4. The molecule has 2 rings (SSSR count). The molecule has 0 saturated heterocycles. The van der Waals surface area contributed by atoms with E-state index in [-0.39, 0.29) is 23.1 Å². The van der Waals surface area contributed by atoms with Crippen molar-refractivity contribution in [3.8, 4) is 0 Å². The molecule has 2 amide bonds. The minimum absolute atomic E-state index is 0.0252. The Balaban J connectivity index is 1.86. The van der Waals surface area contributed by atoms with Gasteiger partial charge in [-0.05, 0) is 36.1 Å². The van der Waals surface area contributed by atoms with Crippen molar-refractivity contribution >= 4 is 23.2 Å². The summed E-state index contributed by atoms with van der Waals surface area (Å²) in [5, 5.41) is 5.82. The SMILES string of the molecule is CC(CC(C)(C)CC(=O)Nc1ccccc1)C(=O)Nc1ccccc1. The quantitative estimate of drug-likeness (QED) is 0.768. The van der Waals surface area contributed by atoms with Gasteiger partial charge in [0.25, 0.3) is 0 Å². The smallest absolute Gasteiger partial charge is 0.227 e. The lowest BCUT2D eigenvalue weighted by molar-refractivity contribution is -0.122. The molecule has 0 aliphatic rings. The Kier molecular flexibility index (Phi) is 6.34. The van der Waals surface area contributed by atoms with E-state index in [1.807, 2.05) is 81.4 Å². The molecule has 1 atom stereocenters. The van der Waals surface area contributed by atoms with Gasteiger partial charge in [-0.25, -0.2) is 0 Å². The Bertz CT molecular complexity index is 696. The fourth-order valence-electron chi connectivity index (χ4n) is 2.94. The van der Waals surface area contributed by atoms with Crippen LogP contribution < -0.4 is 10.6 Å². The fourth-order valence-corrected chi connectivity index (χ4v) is 2.94. The van der Waals surface area contributed by atoms with Crippen LogP contribution in [0.3, 0.4) is 0 Å². The van der Waals surface area contributed by atoms with Gasteiger partial charge in [0.2, 0.25) is 11.8 Å². The van der Waals surface area contributed by atoms with Gasteiger partial charge in [0.15, 0.2) is 0 Å². The van der Waals surface area contributed by atoms with Crippen LogP contribution in [0.25, 0.3) is 0 Å². The second-order valence-corrected chi connectivity index (χ2v) is 7.22. The molecular weight excluding hydrogens is 312 g/mol. The third-order valence-electron chi connectivity index (χ3n) is 4.04. The molecular formula is C21H26N2O2. The van der Waals surface area contributed by atoms with Crippen molar-refractivity contribution in [3.63, 3.8) is 0 Å². The molecule has 0 saturated carbocycles. The third kappa shape index (κ3) is 6.42. The van der Waals surface area contributed by atoms with E-state index >= 15 is 0 Å². The highest BCUT2D eigenvalue weighted by atomic mass is 16.2. The largest absolute Gasteiger partial charge is 0.326 e. The minimum Gasteiger partial charge on any atom is -0.326 e. The number of para-hydroxylation sites is 2. The van der Waals surface area contributed by atoms with Crippen LogP contribution >= 0.6 is 0 Å². The van der Waals surface area contributed by atoms with Crippen molar-refractivity contribution < 1.29 is 9.59 Å². The first-order chi connectivity index (χ1) is 11.9. The Labute approximate surface area is 149 Å². The molecule has 0 aliphatic carbocycles. The second kappa shape index (κ2) is 8.47. The average Bonchev–Trinajstić information content (AvgIpc) is 2.55. The molecule has 0 radical (unpaired) electrons. The maximum atomic E-state index is 12.4. The lowest BCUT2D eigenvalue weighted by atomic mass is 9.80. The molecule has 2 aromatic rings. The van der Waals surface area contributed by atoms with E-state index in [0.717, 1.165) is 11.4 Å². The lowest BCUT2D eigenvalue weighted by Gasteiger charge is -2.27. The first-order valence-electron chi connectivity index (χ1n) is 8.56. The van der Waals surface area contributed by atoms with Gasteiger partial charge in [0, 0.05) is 23.7 Å². The number of amides is 2. The summed E-state index contributed by atoms with van der Waals surface area (Å²) < 4.78 is 0. The number of anilines is 2. The van der Waals surface area contributed by atoms with Gasteiger partial charge in [0.05, 0.1) is 0 Å². The van der Waals surface area contributed by atoms with E-state index in [1.54, 1.807) is 0 Å². The number of hydrogen-bond acceptors (Lipinski definition) is 2. The molecule has 0 aliphatic heterocycles. The van der Waals surface area contributed by atoms with Crippen molar-refractivity contribution in [1.82, 2.24) is 0 Å². The van der Waals surface area contributed by atoms with E-state index in [1.165, 1.54) is 0 Å². The highest BCUT2D eigenvalue weighted by Crippen LogP contribution is 2.30. The molecule has 1 unspecified atom stereocenters. The molecule has 2 N–H and O–H groups in total. The van der Waals surface area contributed by atoms with E-state index in [9.17, 15) is 9.59 Å². The summed E-state index contributed by atoms with van der Waals surface area (Å²) >= 11 is 0. The molecule has 0 aromatic heterocycles. The normalized spacial score (nSPS) is 12.3. The van der Waals surface area contributed by atoms with Gasteiger partial charge in [-0.15, -0.1) is 0 Å². The number of carbonyl (C=O) groups is 2. The monoisotopic (exact) mass is 338 g/mol. The van der Waals surface area contributed by atoms with Gasteiger partial charge >= 0.3 is 0 Å². The molecule has 0 heterocycles. The summed E-state index contributed by atoms with van der Waals surface area (Å²) in [4.78, 5) is 24.6. The highest BCUT2D eigenvalue weighted by Gasteiger charge is 2.27. The number of carbonyl (C=O) groups excluding carboxylic acids is 2. The fraction of sp³-hybridized carbons (Fsp3) is 0.333. The van der Waals surface area contributed by atoms with Crippen molar-refractivity contribution in [2.45, 2.75) is 33.6 Å². The van der Waals surface area contributed by atoms with Crippen LogP contribution in [-0.2, 0) is 9.59 Å². The molecule has 132 valence electrons. The summed E-state index contributed by atoms with van der Waals surface area (Å²) in [6, 6.07) is 18.8. The third-order valence-corrected chi connectivity index (χ3v) is 4.04. The van der Waals surface area contributed by atoms with Gasteiger partial charge < -0.3 is 10.6 Å². The average molecular weight is 338 g/mol. The van der Waals surface area contributed by atoms with Crippen LogP contribution in [-0.4, -0.2) is 11.8 Å². The zero-order valence-corrected chi connectivity index (χ0v) is 15.1. The van der Waals surface area contributed by atoms with Crippen LogP contribution in [0.15, 0.2) is 60.7 Å². The Hall–Kier alpha value is -2.62. The van der Waals surface area contributed by atoms with Crippen molar-refractivity contribution in [3.05, 3.63) is 60.7 Å². The topological polar surface area (TPSA) is 58.2 Å². The van der Waals surface area contributed by atoms with Crippen molar-refractivity contribution in [1.29, 1.82) is 0 Å². The van der Waals surface area contributed by atoms with Crippen molar-refractivity contribution in [2.75, 3.05) is 10.6 Å². The molecule has 0 spiro atoms. The summed E-state index contributed by atoms with van der Waals surface area (Å²) in [6.45, 7) is 5.93. The first-order valence-corrected chi connectivity index (χ1v) is 8.56. The molecule has 4 heteroatoms. The summed E-state index contributed by atoms with van der Waals surface area (Å²) in [5.41, 5.74) is 1.31. The van der Waals surface area contributed by atoms with Crippen molar-refractivity contribution in [2.24, 2.45) is 11.3 Å². The Morgan fingerprint density at radius 2 is 1.36 bits per heavy atom. The molecule has 2 aromatic carbocycles. The van der Waals surface area contributed by atoms with Gasteiger partial charge in [0.1, 0.15) is 0 Å². The number of rotatable bonds is 7. The van der Waals surface area contributed by atoms with Crippen LogP contribution in [0.5, 0.6) is 0 Å². The highest BCUT2D eigenvalue weighted by molar-refractivity contribution is 5.93. The zero-order valence-electron chi connectivity index (χ0n) is 15.1. The van der Waals surface area contributed by atoms with E-state index in [0.29, 0.717) is 12.8 Å². The van der Waals surface area contributed by atoms with Crippen LogP contribution in [0.4, 0.5) is 11.4 Å². The van der Waals surface area contributed by atoms with Gasteiger partial charge in [-0.2, -0.15) is 0 Å². The summed E-state index contributed by atoms with van der Waals surface area (Å²) in [6.07, 6.45) is 0.999. The van der Waals surface area contributed by atoms with E-state index in [2.05, 4.69) is 10.6 Å².